The summed E-state index contributed by atoms with van der Waals surface area (Å²) in [7, 11) is 0. The minimum Gasteiger partial charge on any atom is -0.316 e. The Morgan fingerprint density at radius 2 is 2.05 bits per heavy atom. The average molecular weight is 298 g/mol. The lowest BCUT2D eigenvalue weighted by Crippen LogP contribution is -2.31. The van der Waals surface area contributed by atoms with Gasteiger partial charge in [0.1, 0.15) is 11.3 Å². The Kier molecular flexibility index (Phi) is 4.11. The first kappa shape index (κ1) is 14.2. The molecule has 2 aromatic rings. The Labute approximate surface area is 132 Å². The predicted octanol–water partition coefficient (Wildman–Crippen LogP) is 3.48. The van der Waals surface area contributed by atoms with Gasteiger partial charge in [-0.05, 0) is 56.8 Å². The first-order chi connectivity index (χ1) is 10.9. The molecule has 1 aliphatic carbocycles. The second kappa shape index (κ2) is 6.37. The van der Waals surface area contributed by atoms with E-state index in [0.717, 1.165) is 30.0 Å². The zero-order valence-electron chi connectivity index (χ0n) is 13.3. The highest BCUT2D eigenvalue weighted by Crippen LogP contribution is 2.32. The molecule has 0 bridgehead atoms. The van der Waals surface area contributed by atoms with Crippen molar-refractivity contribution in [3.05, 3.63) is 24.2 Å². The molecule has 1 aliphatic heterocycles. The van der Waals surface area contributed by atoms with Crippen molar-refractivity contribution in [2.75, 3.05) is 13.1 Å². The fourth-order valence-corrected chi connectivity index (χ4v) is 4.20. The molecule has 0 amide bonds. The van der Waals surface area contributed by atoms with Gasteiger partial charge >= 0.3 is 0 Å². The van der Waals surface area contributed by atoms with Gasteiger partial charge in [0.05, 0.1) is 0 Å². The number of piperidine rings is 1. The lowest BCUT2D eigenvalue weighted by atomic mass is 9.93. The van der Waals surface area contributed by atoms with Crippen LogP contribution in [-0.4, -0.2) is 27.6 Å². The highest BCUT2D eigenvalue weighted by molar-refractivity contribution is 5.71. The van der Waals surface area contributed by atoms with Gasteiger partial charge in [0, 0.05) is 18.7 Å². The van der Waals surface area contributed by atoms with Crippen LogP contribution in [0.3, 0.4) is 0 Å². The number of rotatable bonds is 3. The maximum Gasteiger partial charge on any atom is 0.160 e. The number of pyridine rings is 1. The molecule has 1 unspecified atom stereocenters. The third-order valence-electron chi connectivity index (χ3n) is 5.33. The van der Waals surface area contributed by atoms with Crippen molar-refractivity contribution in [1.82, 2.24) is 19.9 Å². The summed E-state index contributed by atoms with van der Waals surface area (Å²) in [6.45, 7) is 2.32. The molecule has 3 heterocycles. The molecule has 0 radical (unpaired) electrons. The van der Waals surface area contributed by atoms with E-state index in [9.17, 15) is 0 Å². The number of nitrogens with zero attached hydrogens (tertiary/aromatic N) is 3. The third-order valence-corrected chi connectivity index (χ3v) is 5.33. The molecule has 4 rings (SSSR count). The van der Waals surface area contributed by atoms with Crippen LogP contribution in [-0.2, 0) is 6.42 Å². The largest absolute Gasteiger partial charge is 0.316 e. The van der Waals surface area contributed by atoms with E-state index >= 15 is 0 Å². The molecule has 22 heavy (non-hydrogen) atoms. The van der Waals surface area contributed by atoms with E-state index in [-0.39, 0.29) is 0 Å². The van der Waals surface area contributed by atoms with Gasteiger partial charge in [0.25, 0.3) is 0 Å². The number of hydrogen-bond donors (Lipinski definition) is 1. The maximum atomic E-state index is 4.95. The summed E-state index contributed by atoms with van der Waals surface area (Å²) < 4.78 is 2.49. The summed E-state index contributed by atoms with van der Waals surface area (Å²) in [5, 5.41) is 3.54. The average Bonchev–Trinajstić information content (AvgIpc) is 2.94. The Morgan fingerprint density at radius 3 is 2.86 bits per heavy atom. The lowest BCUT2D eigenvalue weighted by Gasteiger charge is -2.27. The van der Waals surface area contributed by atoms with Crippen molar-refractivity contribution in [2.45, 2.75) is 57.4 Å². The minimum absolute atomic E-state index is 0.611. The molecule has 0 aromatic carbocycles. The highest BCUT2D eigenvalue weighted by Gasteiger charge is 2.24. The molecule has 1 atom stereocenters. The SMILES string of the molecule is c1cnc2c(c1)nc(CC1CCCNC1)n2C1CCCCC1. The summed E-state index contributed by atoms with van der Waals surface area (Å²) in [5.41, 5.74) is 2.18. The number of nitrogens with one attached hydrogen (secondary N) is 1. The summed E-state index contributed by atoms with van der Waals surface area (Å²) in [4.78, 5) is 9.61. The summed E-state index contributed by atoms with van der Waals surface area (Å²) in [6.07, 6.45) is 12.3. The molecule has 2 aliphatic rings. The van der Waals surface area contributed by atoms with Crippen molar-refractivity contribution < 1.29 is 0 Å². The quantitative estimate of drug-likeness (QED) is 0.943. The van der Waals surface area contributed by atoms with Crippen molar-refractivity contribution in [3.63, 3.8) is 0 Å². The van der Waals surface area contributed by atoms with Crippen LogP contribution >= 0.6 is 0 Å². The molecule has 1 saturated heterocycles. The lowest BCUT2D eigenvalue weighted by molar-refractivity contribution is 0.330. The van der Waals surface area contributed by atoms with Crippen LogP contribution in [0.2, 0.25) is 0 Å². The standard InChI is InChI=1S/C18H26N4/c1-2-7-15(8-3-1)22-17(12-14-6-4-10-19-13-14)21-16-9-5-11-20-18(16)22/h5,9,11,14-15,19H,1-4,6-8,10,12-13H2. The van der Waals surface area contributed by atoms with Crippen LogP contribution in [0.1, 0.15) is 56.8 Å². The molecular weight excluding hydrogens is 272 g/mol. The van der Waals surface area contributed by atoms with E-state index in [4.69, 9.17) is 4.98 Å². The van der Waals surface area contributed by atoms with Crippen LogP contribution in [0.15, 0.2) is 18.3 Å². The van der Waals surface area contributed by atoms with Crippen LogP contribution < -0.4 is 5.32 Å². The second-order valence-corrected chi connectivity index (χ2v) is 6.95. The number of fused-ring (bicyclic) bond motifs is 1. The Balaban J connectivity index is 1.68. The summed E-state index contributed by atoms with van der Waals surface area (Å²) in [6, 6.07) is 4.73. The number of imidazole rings is 1. The van der Waals surface area contributed by atoms with E-state index in [0.29, 0.717) is 6.04 Å². The fourth-order valence-electron chi connectivity index (χ4n) is 4.20. The first-order valence-corrected chi connectivity index (χ1v) is 8.94. The molecule has 2 fully saturated rings. The van der Waals surface area contributed by atoms with E-state index in [1.807, 2.05) is 12.3 Å². The van der Waals surface area contributed by atoms with Crippen molar-refractivity contribution in [3.8, 4) is 0 Å². The summed E-state index contributed by atoms with van der Waals surface area (Å²) >= 11 is 0. The molecule has 1 N–H and O–H groups in total. The maximum absolute atomic E-state index is 4.95. The smallest absolute Gasteiger partial charge is 0.160 e. The fraction of sp³-hybridized carbons (Fsp3) is 0.667. The van der Waals surface area contributed by atoms with Crippen molar-refractivity contribution in [2.24, 2.45) is 5.92 Å². The van der Waals surface area contributed by atoms with Gasteiger partial charge in [-0.1, -0.05) is 19.3 Å². The number of aromatic nitrogens is 3. The van der Waals surface area contributed by atoms with Gasteiger partial charge < -0.3 is 9.88 Å². The van der Waals surface area contributed by atoms with Gasteiger partial charge in [-0.2, -0.15) is 0 Å². The van der Waals surface area contributed by atoms with Gasteiger partial charge in [-0.3, -0.25) is 0 Å². The van der Waals surface area contributed by atoms with E-state index < -0.39 is 0 Å². The molecule has 0 spiro atoms. The van der Waals surface area contributed by atoms with E-state index in [1.165, 1.54) is 57.3 Å². The van der Waals surface area contributed by atoms with Crippen LogP contribution in [0.4, 0.5) is 0 Å². The molecule has 1 saturated carbocycles. The van der Waals surface area contributed by atoms with Crippen LogP contribution in [0.25, 0.3) is 11.2 Å². The van der Waals surface area contributed by atoms with Crippen molar-refractivity contribution >= 4 is 11.2 Å². The topological polar surface area (TPSA) is 42.7 Å². The Bertz CT molecular complexity index is 621. The third kappa shape index (κ3) is 2.76. The van der Waals surface area contributed by atoms with E-state index in [1.54, 1.807) is 0 Å². The molecule has 2 aromatic heterocycles. The van der Waals surface area contributed by atoms with Gasteiger partial charge in [0.15, 0.2) is 5.65 Å². The highest BCUT2D eigenvalue weighted by atomic mass is 15.2. The Morgan fingerprint density at radius 1 is 1.14 bits per heavy atom. The monoisotopic (exact) mass is 298 g/mol. The first-order valence-electron chi connectivity index (χ1n) is 8.94. The van der Waals surface area contributed by atoms with Crippen LogP contribution in [0, 0.1) is 5.92 Å². The Hall–Kier alpha value is -1.42. The zero-order valence-corrected chi connectivity index (χ0v) is 13.3. The van der Waals surface area contributed by atoms with Crippen LogP contribution in [0.5, 0.6) is 0 Å². The molecule has 118 valence electrons. The molecule has 4 nitrogen and oxygen atoms in total. The van der Waals surface area contributed by atoms with Gasteiger partial charge in [0.2, 0.25) is 0 Å². The second-order valence-electron chi connectivity index (χ2n) is 6.95. The van der Waals surface area contributed by atoms with E-state index in [2.05, 4.69) is 20.9 Å². The summed E-state index contributed by atoms with van der Waals surface area (Å²) in [5.74, 6) is 2.00. The normalized spacial score (nSPS) is 23.9. The predicted molar refractivity (Wildman–Crippen MR) is 88.9 cm³/mol. The zero-order chi connectivity index (χ0) is 14.8. The minimum atomic E-state index is 0.611. The molecular formula is C18H26N4. The van der Waals surface area contributed by atoms with Gasteiger partial charge in [-0.15, -0.1) is 0 Å². The number of hydrogen-bond acceptors (Lipinski definition) is 3. The van der Waals surface area contributed by atoms with Crippen molar-refractivity contribution in [1.29, 1.82) is 0 Å². The molecule has 4 heteroatoms. The van der Waals surface area contributed by atoms with Gasteiger partial charge in [-0.25, -0.2) is 9.97 Å².